The van der Waals surface area contributed by atoms with Crippen LogP contribution < -0.4 is 0 Å². The van der Waals surface area contributed by atoms with Crippen molar-refractivity contribution in [2.24, 2.45) is 5.16 Å². The van der Waals surface area contributed by atoms with Crippen molar-refractivity contribution in [3.63, 3.8) is 0 Å². The zero-order chi connectivity index (χ0) is 14.7. The summed E-state index contributed by atoms with van der Waals surface area (Å²) in [7, 11) is 0. The van der Waals surface area contributed by atoms with Crippen LogP contribution in [0, 0.1) is 0 Å². The van der Waals surface area contributed by atoms with Gasteiger partial charge in [-0.05, 0) is 22.8 Å². The largest absolute Gasteiger partial charge is 0.367 e. The molecule has 0 spiro atoms. The van der Waals surface area contributed by atoms with E-state index in [2.05, 4.69) is 22.1 Å². The molecule has 1 aliphatic rings. The Hall–Kier alpha value is -2.39. The van der Waals surface area contributed by atoms with Crippen LogP contribution in [0.1, 0.15) is 5.56 Å². The Labute approximate surface area is 127 Å². The number of rotatable bonds is 3. The fourth-order valence-corrected chi connectivity index (χ4v) is 2.31. The molecule has 1 aliphatic heterocycles. The molecule has 0 unspecified atom stereocenters. The zero-order valence-electron chi connectivity index (χ0n) is 11.1. The molecule has 0 atom stereocenters. The maximum Gasteiger partial charge on any atom is 0.367 e. The van der Waals surface area contributed by atoms with Crippen LogP contribution in [0.15, 0.2) is 65.3 Å². The summed E-state index contributed by atoms with van der Waals surface area (Å²) in [6.07, 6.45) is 1.74. The number of oxime groups is 1. The minimum Gasteiger partial charge on any atom is -0.312 e. The lowest BCUT2D eigenvalue weighted by molar-refractivity contribution is -0.136. The average Bonchev–Trinajstić information content (AvgIpc) is 2.89. The number of nitrogens with zero attached hydrogens (tertiary/aromatic N) is 1. The van der Waals surface area contributed by atoms with Gasteiger partial charge in [0.15, 0.2) is 0 Å². The molecule has 0 N–H and O–H groups in total. The fourth-order valence-electron chi connectivity index (χ4n) is 2.12. The van der Waals surface area contributed by atoms with Crippen molar-refractivity contribution >= 4 is 29.4 Å². The molecule has 0 amide bonds. The summed E-state index contributed by atoms with van der Waals surface area (Å²) >= 11 is 5.74. The van der Waals surface area contributed by atoms with Crippen LogP contribution in [0.3, 0.4) is 0 Å². The van der Waals surface area contributed by atoms with E-state index in [4.69, 9.17) is 11.6 Å². The van der Waals surface area contributed by atoms with E-state index in [-0.39, 0.29) is 5.88 Å². The number of halogens is 1. The third-order valence-corrected chi connectivity index (χ3v) is 3.48. The third kappa shape index (κ3) is 2.88. The molecule has 2 aromatic rings. The summed E-state index contributed by atoms with van der Waals surface area (Å²) in [5, 5.41) is 3.64. The molecule has 0 aromatic heterocycles. The Kier molecular flexibility index (Phi) is 3.84. The van der Waals surface area contributed by atoms with Crippen LogP contribution >= 0.6 is 11.6 Å². The van der Waals surface area contributed by atoms with Crippen molar-refractivity contribution in [2.45, 2.75) is 0 Å². The zero-order valence-corrected chi connectivity index (χ0v) is 11.9. The molecule has 3 rings (SSSR count). The first-order valence-electron chi connectivity index (χ1n) is 6.49. The van der Waals surface area contributed by atoms with Crippen molar-refractivity contribution in [3.8, 4) is 11.1 Å². The molecule has 21 heavy (non-hydrogen) atoms. The number of carbonyl (C=O) groups excluding carboxylic acids is 1. The van der Waals surface area contributed by atoms with E-state index in [9.17, 15) is 4.79 Å². The smallest absolute Gasteiger partial charge is 0.312 e. The predicted molar refractivity (Wildman–Crippen MR) is 84.1 cm³/mol. The summed E-state index contributed by atoms with van der Waals surface area (Å²) in [5.74, 6) is -0.308. The number of hydrogen-bond acceptors (Lipinski definition) is 3. The Bertz CT molecular complexity index is 718. The molecule has 1 heterocycles. The van der Waals surface area contributed by atoms with Crippen LogP contribution in [-0.4, -0.2) is 17.6 Å². The second-order valence-electron chi connectivity index (χ2n) is 4.60. The molecule has 3 nitrogen and oxygen atoms in total. The maximum absolute atomic E-state index is 11.6. The normalized spacial score (nSPS) is 16.0. The van der Waals surface area contributed by atoms with Crippen molar-refractivity contribution in [2.75, 3.05) is 5.88 Å². The van der Waals surface area contributed by atoms with E-state index >= 15 is 0 Å². The van der Waals surface area contributed by atoms with Gasteiger partial charge in [0.2, 0.25) is 0 Å². The molecule has 0 bridgehead atoms. The first-order valence-corrected chi connectivity index (χ1v) is 7.03. The van der Waals surface area contributed by atoms with Gasteiger partial charge in [-0.2, -0.15) is 0 Å². The Morgan fingerprint density at radius 3 is 2.33 bits per heavy atom. The quantitative estimate of drug-likeness (QED) is 0.490. The van der Waals surface area contributed by atoms with E-state index in [1.807, 2.05) is 42.5 Å². The highest BCUT2D eigenvalue weighted by molar-refractivity contribution is 6.38. The van der Waals surface area contributed by atoms with Gasteiger partial charge in [-0.1, -0.05) is 59.8 Å². The minimum absolute atomic E-state index is 0.152. The summed E-state index contributed by atoms with van der Waals surface area (Å²) in [5.41, 5.74) is 4.06. The highest BCUT2D eigenvalue weighted by atomic mass is 35.5. The van der Waals surface area contributed by atoms with Gasteiger partial charge in [0.05, 0.1) is 11.5 Å². The summed E-state index contributed by atoms with van der Waals surface area (Å²) in [6.45, 7) is 0. The minimum atomic E-state index is -0.460. The van der Waals surface area contributed by atoms with Gasteiger partial charge < -0.3 is 4.84 Å². The lowest BCUT2D eigenvalue weighted by Crippen LogP contribution is -2.06. The topological polar surface area (TPSA) is 38.7 Å². The molecule has 2 aromatic carbocycles. The molecule has 0 aliphatic carbocycles. The monoisotopic (exact) mass is 297 g/mol. The molecule has 104 valence electrons. The number of hydrogen-bond donors (Lipinski definition) is 0. The van der Waals surface area contributed by atoms with Gasteiger partial charge in [0, 0.05) is 0 Å². The number of benzene rings is 2. The van der Waals surface area contributed by atoms with E-state index < -0.39 is 5.97 Å². The van der Waals surface area contributed by atoms with Crippen molar-refractivity contribution in [1.29, 1.82) is 0 Å². The maximum atomic E-state index is 11.6. The molecule has 4 heteroatoms. The van der Waals surface area contributed by atoms with E-state index in [1.54, 1.807) is 6.08 Å². The average molecular weight is 298 g/mol. The van der Waals surface area contributed by atoms with Crippen LogP contribution in [0.25, 0.3) is 17.2 Å². The standard InChI is InChI=1S/C17H12ClNO2/c18-11-16-15(17(20)21-19-16)10-12-6-8-14(9-7-12)13-4-2-1-3-5-13/h1-10H,11H2/b15-10-. The highest BCUT2D eigenvalue weighted by Gasteiger charge is 2.24. The lowest BCUT2D eigenvalue weighted by atomic mass is 10.0. The molecular weight excluding hydrogens is 286 g/mol. The highest BCUT2D eigenvalue weighted by Crippen LogP contribution is 2.21. The summed E-state index contributed by atoms with van der Waals surface area (Å²) < 4.78 is 0. The first kappa shape index (κ1) is 13.6. The van der Waals surface area contributed by atoms with Gasteiger partial charge in [-0.15, -0.1) is 11.6 Å². The first-order chi connectivity index (χ1) is 10.3. The number of carbonyl (C=O) groups is 1. The van der Waals surface area contributed by atoms with Gasteiger partial charge in [0.1, 0.15) is 5.71 Å². The van der Waals surface area contributed by atoms with Gasteiger partial charge >= 0.3 is 5.97 Å². The molecule has 0 radical (unpaired) electrons. The van der Waals surface area contributed by atoms with Gasteiger partial charge in [-0.25, -0.2) is 4.79 Å². The fraction of sp³-hybridized carbons (Fsp3) is 0.0588. The molecule has 0 saturated carbocycles. The van der Waals surface area contributed by atoms with Crippen LogP contribution in [0.2, 0.25) is 0 Å². The van der Waals surface area contributed by atoms with Crippen molar-refractivity contribution in [3.05, 3.63) is 65.7 Å². The van der Waals surface area contributed by atoms with Gasteiger partial charge in [0.25, 0.3) is 0 Å². The van der Waals surface area contributed by atoms with Crippen molar-refractivity contribution in [1.82, 2.24) is 0 Å². The Balaban J connectivity index is 1.88. The number of alkyl halides is 1. The van der Waals surface area contributed by atoms with Gasteiger partial charge in [-0.3, -0.25) is 0 Å². The van der Waals surface area contributed by atoms with E-state index in [0.717, 1.165) is 16.7 Å². The SMILES string of the molecule is O=C1ON=C(CCl)/C1=C/c1ccc(-c2ccccc2)cc1. The third-order valence-electron chi connectivity index (χ3n) is 3.22. The second kappa shape index (κ2) is 5.94. The summed E-state index contributed by atoms with van der Waals surface area (Å²) in [6, 6.07) is 18.0. The molecule has 0 saturated heterocycles. The summed E-state index contributed by atoms with van der Waals surface area (Å²) in [4.78, 5) is 16.2. The Morgan fingerprint density at radius 1 is 1.00 bits per heavy atom. The van der Waals surface area contributed by atoms with Crippen LogP contribution in [0.4, 0.5) is 0 Å². The van der Waals surface area contributed by atoms with E-state index in [1.165, 1.54) is 0 Å². The molecule has 0 fully saturated rings. The lowest BCUT2D eigenvalue weighted by Gasteiger charge is -2.02. The van der Waals surface area contributed by atoms with Crippen LogP contribution in [0.5, 0.6) is 0 Å². The predicted octanol–water partition coefficient (Wildman–Crippen LogP) is 3.89. The van der Waals surface area contributed by atoms with E-state index in [0.29, 0.717) is 11.3 Å². The second-order valence-corrected chi connectivity index (χ2v) is 4.86. The van der Waals surface area contributed by atoms with Crippen molar-refractivity contribution < 1.29 is 9.63 Å². The van der Waals surface area contributed by atoms with Crippen LogP contribution in [-0.2, 0) is 9.63 Å². The molecular formula is C17H12ClNO2. The Morgan fingerprint density at radius 2 is 1.67 bits per heavy atom.